The van der Waals surface area contributed by atoms with E-state index in [0.29, 0.717) is 49.0 Å². The summed E-state index contributed by atoms with van der Waals surface area (Å²) in [5.74, 6) is -1.74. The summed E-state index contributed by atoms with van der Waals surface area (Å²) >= 11 is 26.0. The minimum Gasteiger partial charge on any atom is -0.450 e. The van der Waals surface area contributed by atoms with E-state index in [-0.39, 0.29) is 63.0 Å². The molecule has 48 heavy (non-hydrogen) atoms. The van der Waals surface area contributed by atoms with Crippen molar-refractivity contribution >= 4 is 107 Å². The number of ketones is 1. The highest BCUT2D eigenvalue weighted by Crippen LogP contribution is 2.60. The molecule has 7 unspecified atom stereocenters. The van der Waals surface area contributed by atoms with Gasteiger partial charge >= 0.3 is 5.97 Å². The summed E-state index contributed by atoms with van der Waals surface area (Å²) in [7, 11) is 0. The lowest BCUT2D eigenvalue weighted by molar-refractivity contribution is -0.123. The SMILES string of the molecule is Cc1c(Cl)ccc2c(C(=O)OC(CCCl)C(=O)c3ccc(Cl)cc3)cc(-c3ccc(N4C(=O)C5C6CC(C(Br)C6Br)C5C4=O)cc3)nc12. The molecule has 3 aromatic carbocycles. The van der Waals surface area contributed by atoms with Gasteiger partial charge in [0.25, 0.3) is 0 Å². The Morgan fingerprint density at radius 2 is 1.56 bits per heavy atom. The number of benzene rings is 3. The molecule has 2 heterocycles. The van der Waals surface area contributed by atoms with Crippen LogP contribution in [0.15, 0.2) is 66.7 Å². The Hall–Kier alpha value is -2.82. The number of halogens is 5. The van der Waals surface area contributed by atoms with E-state index in [4.69, 9.17) is 44.5 Å². The molecule has 7 rings (SSSR count). The molecule has 1 saturated heterocycles. The number of nitrogens with zero attached hydrogens (tertiary/aromatic N) is 2. The number of aryl methyl sites for hydroxylation is 1. The summed E-state index contributed by atoms with van der Waals surface area (Å²) in [4.78, 5) is 60.8. The fourth-order valence-corrected chi connectivity index (χ4v) is 9.79. The van der Waals surface area contributed by atoms with Crippen molar-refractivity contribution in [3.05, 3.63) is 93.5 Å². The van der Waals surface area contributed by atoms with Crippen LogP contribution in [0.3, 0.4) is 0 Å². The molecule has 2 amide bonds. The van der Waals surface area contributed by atoms with Crippen molar-refractivity contribution in [1.29, 1.82) is 0 Å². The number of esters is 1. The molecule has 1 aliphatic heterocycles. The second-order valence-corrected chi connectivity index (χ2v) is 15.8. The van der Waals surface area contributed by atoms with E-state index in [1.807, 2.05) is 6.92 Å². The highest BCUT2D eigenvalue weighted by Gasteiger charge is 2.66. The Balaban J connectivity index is 1.21. The highest BCUT2D eigenvalue weighted by atomic mass is 79.9. The van der Waals surface area contributed by atoms with E-state index in [2.05, 4.69) is 31.9 Å². The fourth-order valence-electron chi connectivity index (χ4n) is 7.44. The van der Waals surface area contributed by atoms with Crippen LogP contribution in [-0.4, -0.2) is 50.2 Å². The second kappa shape index (κ2) is 13.1. The molecule has 4 aromatic rings. The van der Waals surface area contributed by atoms with Gasteiger partial charge in [-0.2, -0.15) is 0 Å². The number of fused-ring (bicyclic) bond motifs is 6. The third-order valence-electron chi connectivity index (χ3n) is 9.84. The average Bonchev–Trinajstić information content (AvgIpc) is 3.70. The van der Waals surface area contributed by atoms with Crippen molar-refractivity contribution in [3.63, 3.8) is 0 Å². The number of pyridine rings is 1. The Labute approximate surface area is 308 Å². The number of amides is 2. The minimum atomic E-state index is -1.12. The molecule has 0 spiro atoms. The number of carbonyl (C=O) groups is 4. The summed E-state index contributed by atoms with van der Waals surface area (Å²) in [5, 5.41) is 1.46. The van der Waals surface area contributed by atoms with Crippen LogP contribution in [0.5, 0.6) is 0 Å². The normalized spacial score (nSPS) is 25.1. The molecule has 7 nitrogen and oxygen atoms in total. The van der Waals surface area contributed by atoms with Gasteiger partial charge in [-0.3, -0.25) is 19.3 Å². The van der Waals surface area contributed by atoms with Crippen LogP contribution in [-0.2, 0) is 14.3 Å². The maximum atomic E-state index is 13.8. The van der Waals surface area contributed by atoms with Crippen molar-refractivity contribution < 1.29 is 23.9 Å². The molecule has 12 heteroatoms. The molecule has 3 aliphatic rings. The Morgan fingerprint density at radius 1 is 0.938 bits per heavy atom. The van der Waals surface area contributed by atoms with Crippen LogP contribution in [0.25, 0.3) is 22.2 Å². The number of ether oxygens (including phenoxy) is 1. The maximum Gasteiger partial charge on any atom is 0.339 e. The summed E-state index contributed by atoms with van der Waals surface area (Å²) in [6.45, 7) is 1.81. The Kier molecular flexibility index (Phi) is 9.22. The van der Waals surface area contributed by atoms with E-state index >= 15 is 0 Å². The number of hydrogen-bond acceptors (Lipinski definition) is 6. The predicted molar refractivity (Wildman–Crippen MR) is 194 cm³/mol. The summed E-state index contributed by atoms with van der Waals surface area (Å²) in [6.07, 6.45) is -0.156. The van der Waals surface area contributed by atoms with Gasteiger partial charge in [0.1, 0.15) is 0 Å². The lowest BCUT2D eigenvalue weighted by atomic mass is 9.81. The lowest BCUT2D eigenvalue weighted by Crippen LogP contribution is -2.37. The number of rotatable bonds is 8. The average molecular weight is 834 g/mol. The zero-order valence-electron chi connectivity index (χ0n) is 25.3. The van der Waals surface area contributed by atoms with Gasteiger partial charge in [-0.1, -0.05) is 73.3 Å². The first-order valence-electron chi connectivity index (χ1n) is 15.4. The summed E-state index contributed by atoms with van der Waals surface area (Å²) in [5.41, 5.74) is 3.28. The maximum absolute atomic E-state index is 13.8. The zero-order chi connectivity index (χ0) is 34.0. The van der Waals surface area contributed by atoms with Gasteiger partial charge < -0.3 is 4.74 Å². The second-order valence-electron chi connectivity index (χ2n) is 12.4. The van der Waals surface area contributed by atoms with Gasteiger partial charge in [-0.15, -0.1) is 11.6 Å². The molecule has 246 valence electrons. The molecule has 0 radical (unpaired) electrons. The zero-order valence-corrected chi connectivity index (χ0v) is 30.8. The van der Waals surface area contributed by atoms with Crippen molar-refractivity contribution in [2.24, 2.45) is 23.7 Å². The number of aromatic nitrogens is 1. The molecule has 3 fully saturated rings. The molecular weight excluding hydrogens is 807 g/mol. The van der Waals surface area contributed by atoms with Crippen molar-refractivity contribution in [3.8, 4) is 11.3 Å². The number of Topliss-reactive ketones (excluding diaryl/α,β-unsaturated/α-hetero) is 1. The van der Waals surface area contributed by atoms with E-state index in [9.17, 15) is 19.2 Å². The monoisotopic (exact) mass is 830 g/mol. The lowest BCUT2D eigenvalue weighted by Gasteiger charge is -2.28. The van der Waals surface area contributed by atoms with Crippen LogP contribution in [0.2, 0.25) is 10.0 Å². The topological polar surface area (TPSA) is 93.6 Å². The molecule has 2 saturated carbocycles. The van der Waals surface area contributed by atoms with Gasteiger partial charge in [0, 0.05) is 48.5 Å². The first-order chi connectivity index (χ1) is 23.0. The molecule has 2 aliphatic carbocycles. The van der Waals surface area contributed by atoms with Gasteiger partial charge in [0.05, 0.1) is 34.3 Å². The van der Waals surface area contributed by atoms with Gasteiger partial charge in [0.2, 0.25) is 17.6 Å². The van der Waals surface area contributed by atoms with Crippen molar-refractivity contribution in [1.82, 2.24) is 4.98 Å². The third kappa shape index (κ3) is 5.59. The molecule has 1 aromatic heterocycles. The van der Waals surface area contributed by atoms with E-state index < -0.39 is 17.9 Å². The highest BCUT2D eigenvalue weighted by molar-refractivity contribution is 9.12. The van der Waals surface area contributed by atoms with E-state index in [0.717, 1.165) is 6.42 Å². The Morgan fingerprint density at radius 3 is 2.17 bits per heavy atom. The quantitative estimate of drug-likeness (QED) is 0.0763. The van der Waals surface area contributed by atoms with Gasteiger partial charge in [-0.05, 0) is 79.3 Å². The van der Waals surface area contributed by atoms with E-state index in [1.54, 1.807) is 66.7 Å². The van der Waals surface area contributed by atoms with Crippen LogP contribution < -0.4 is 4.90 Å². The molecular formula is C36H27Br2Cl3N2O5. The number of alkyl halides is 3. The predicted octanol–water partition coefficient (Wildman–Crippen LogP) is 8.84. The van der Waals surface area contributed by atoms with Crippen molar-refractivity contribution in [2.75, 3.05) is 10.8 Å². The van der Waals surface area contributed by atoms with Gasteiger partial charge in [0.15, 0.2) is 6.10 Å². The summed E-state index contributed by atoms with van der Waals surface area (Å²) in [6, 6.07) is 18.3. The van der Waals surface area contributed by atoms with Crippen LogP contribution >= 0.6 is 66.7 Å². The fraction of sp³-hybridized carbons (Fsp3) is 0.306. The number of anilines is 1. The van der Waals surface area contributed by atoms with Crippen LogP contribution in [0.1, 0.15) is 39.1 Å². The van der Waals surface area contributed by atoms with Crippen LogP contribution in [0.4, 0.5) is 5.69 Å². The van der Waals surface area contributed by atoms with E-state index in [1.165, 1.54) is 4.90 Å². The molecule has 2 bridgehead atoms. The first kappa shape index (κ1) is 33.7. The molecule has 7 atom stereocenters. The van der Waals surface area contributed by atoms with Gasteiger partial charge in [-0.25, -0.2) is 9.78 Å². The van der Waals surface area contributed by atoms with Crippen LogP contribution in [0, 0.1) is 30.6 Å². The first-order valence-corrected chi connectivity index (χ1v) is 18.5. The number of hydrogen-bond donors (Lipinski definition) is 0. The third-order valence-corrected chi connectivity index (χ3v) is 13.9. The van der Waals surface area contributed by atoms with Crippen molar-refractivity contribution in [2.45, 2.75) is 35.5 Å². The summed E-state index contributed by atoms with van der Waals surface area (Å²) < 4.78 is 5.82. The number of imide groups is 1. The smallest absolute Gasteiger partial charge is 0.339 e. The minimum absolute atomic E-state index is 0.0961. The standard InChI is InChI=1S/C36H27Br2Cl3N2O5/c1-16-25(41)11-10-21-22(36(47)48-27(12-13-39)33(44)18-2-6-19(40)7-3-18)15-26(42-32(16)21)17-4-8-20(9-5-17)43-34(45)28-23-14-24(29(28)35(43)46)31(38)30(23)37/h2-11,15,23-24,27-31H,12-14H2,1H3. The number of carbonyl (C=O) groups excluding carboxylic acids is 4. The largest absolute Gasteiger partial charge is 0.450 e. The molecule has 0 N–H and O–H groups in total. The Bertz CT molecular complexity index is 1960.